The van der Waals surface area contributed by atoms with Crippen LogP contribution in [0.3, 0.4) is 0 Å². The number of nitrogens with zero attached hydrogens (tertiary/aromatic N) is 1. The molecule has 1 heterocycles. The lowest BCUT2D eigenvalue weighted by atomic mass is 10.2. The molecule has 0 aromatic carbocycles. The zero-order chi connectivity index (χ0) is 10.6. The van der Waals surface area contributed by atoms with E-state index in [-0.39, 0.29) is 12.3 Å². The van der Waals surface area contributed by atoms with Crippen LogP contribution in [0, 0.1) is 5.82 Å². The van der Waals surface area contributed by atoms with Gasteiger partial charge in [0.25, 0.3) is 0 Å². The summed E-state index contributed by atoms with van der Waals surface area (Å²) >= 11 is 0. The van der Waals surface area contributed by atoms with Gasteiger partial charge in [0.05, 0.1) is 18.5 Å². The molecule has 0 bridgehead atoms. The maximum Gasteiger partial charge on any atom is 0.341 e. The number of aliphatic hydroxyl groups excluding tert-OH is 1. The summed E-state index contributed by atoms with van der Waals surface area (Å²) < 4.78 is 17.0. The number of halogens is 1. The largest absolute Gasteiger partial charge is 0.464 e. The Morgan fingerprint density at radius 2 is 2.43 bits per heavy atom. The van der Waals surface area contributed by atoms with Crippen molar-refractivity contribution in [3.05, 3.63) is 29.8 Å². The van der Waals surface area contributed by atoms with Crippen molar-refractivity contribution in [2.75, 3.05) is 6.61 Å². The van der Waals surface area contributed by atoms with Crippen LogP contribution in [0.15, 0.2) is 18.3 Å². The van der Waals surface area contributed by atoms with Crippen molar-refractivity contribution >= 4 is 5.97 Å². The molecule has 1 unspecified atom stereocenters. The van der Waals surface area contributed by atoms with Crippen LogP contribution in [0.4, 0.5) is 4.39 Å². The SMILES string of the molecule is CCOC(=O)C(O)c1ccc(F)cn1. The Bertz CT molecular complexity index is 312. The van der Waals surface area contributed by atoms with E-state index in [1.165, 1.54) is 6.07 Å². The van der Waals surface area contributed by atoms with E-state index in [0.29, 0.717) is 0 Å². The molecule has 4 nitrogen and oxygen atoms in total. The minimum absolute atomic E-state index is 0.0739. The lowest BCUT2D eigenvalue weighted by Crippen LogP contribution is -2.16. The number of pyridine rings is 1. The molecule has 0 amide bonds. The van der Waals surface area contributed by atoms with Gasteiger partial charge < -0.3 is 9.84 Å². The average Bonchev–Trinajstić information content (AvgIpc) is 2.18. The molecule has 1 aromatic rings. The van der Waals surface area contributed by atoms with Crippen LogP contribution in [0.2, 0.25) is 0 Å². The molecule has 5 heteroatoms. The van der Waals surface area contributed by atoms with E-state index in [1.807, 2.05) is 0 Å². The van der Waals surface area contributed by atoms with Gasteiger partial charge >= 0.3 is 5.97 Å². The number of hydrogen-bond acceptors (Lipinski definition) is 4. The third kappa shape index (κ3) is 2.50. The Balaban J connectivity index is 2.73. The quantitative estimate of drug-likeness (QED) is 0.732. The predicted molar refractivity (Wildman–Crippen MR) is 45.8 cm³/mol. The number of aromatic nitrogens is 1. The number of hydrogen-bond donors (Lipinski definition) is 1. The molecule has 0 aliphatic rings. The summed E-state index contributed by atoms with van der Waals surface area (Å²) in [6, 6.07) is 2.35. The Labute approximate surface area is 80.3 Å². The fourth-order valence-corrected chi connectivity index (χ4v) is 0.891. The molecule has 0 aliphatic carbocycles. The normalized spacial score (nSPS) is 12.2. The van der Waals surface area contributed by atoms with Crippen LogP contribution in [-0.2, 0) is 9.53 Å². The number of ether oxygens (including phenoxy) is 1. The highest BCUT2D eigenvalue weighted by Crippen LogP contribution is 2.11. The van der Waals surface area contributed by atoms with Crippen LogP contribution in [0.1, 0.15) is 18.7 Å². The van der Waals surface area contributed by atoms with Gasteiger partial charge in [-0.25, -0.2) is 9.18 Å². The average molecular weight is 199 g/mol. The molecule has 0 fully saturated rings. The maximum absolute atomic E-state index is 12.4. The molecule has 1 rings (SSSR count). The van der Waals surface area contributed by atoms with E-state index in [4.69, 9.17) is 0 Å². The maximum atomic E-state index is 12.4. The molecule has 0 aliphatic heterocycles. The first-order chi connectivity index (χ1) is 6.65. The van der Waals surface area contributed by atoms with Gasteiger partial charge in [-0.05, 0) is 19.1 Å². The van der Waals surface area contributed by atoms with E-state index in [1.54, 1.807) is 6.92 Å². The van der Waals surface area contributed by atoms with Gasteiger partial charge in [-0.1, -0.05) is 0 Å². The van der Waals surface area contributed by atoms with Crippen LogP contribution < -0.4 is 0 Å². The molecular formula is C9H10FNO3. The fraction of sp³-hybridized carbons (Fsp3) is 0.333. The molecule has 1 atom stereocenters. The van der Waals surface area contributed by atoms with Crippen molar-refractivity contribution in [1.29, 1.82) is 0 Å². The lowest BCUT2D eigenvalue weighted by Gasteiger charge is -2.08. The molecule has 1 aromatic heterocycles. The van der Waals surface area contributed by atoms with E-state index in [9.17, 15) is 14.3 Å². The predicted octanol–water partition coefficient (Wildman–Crippen LogP) is 0.817. The zero-order valence-corrected chi connectivity index (χ0v) is 7.61. The van der Waals surface area contributed by atoms with E-state index in [0.717, 1.165) is 12.3 Å². The second-order valence-electron chi connectivity index (χ2n) is 2.56. The molecule has 14 heavy (non-hydrogen) atoms. The molecule has 1 N–H and O–H groups in total. The van der Waals surface area contributed by atoms with Gasteiger partial charge in [-0.15, -0.1) is 0 Å². The number of carbonyl (C=O) groups is 1. The van der Waals surface area contributed by atoms with Crippen LogP contribution in [-0.4, -0.2) is 22.7 Å². The topological polar surface area (TPSA) is 59.4 Å². The molecule has 0 spiro atoms. The first kappa shape index (κ1) is 10.6. The highest BCUT2D eigenvalue weighted by Gasteiger charge is 2.19. The Hall–Kier alpha value is -1.49. The highest BCUT2D eigenvalue weighted by atomic mass is 19.1. The molecule has 76 valence electrons. The van der Waals surface area contributed by atoms with Gasteiger partial charge in [0, 0.05) is 0 Å². The summed E-state index contributed by atoms with van der Waals surface area (Å²) in [5.41, 5.74) is 0.0739. The van der Waals surface area contributed by atoms with Crippen molar-refractivity contribution in [3.63, 3.8) is 0 Å². The standard InChI is InChI=1S/C9H10FNO3/c1-2-14-9(13)8(12)7-4-3-6(10)5-11-7/h3-5,8,12H,2H2,1H3. The van der Waals surface area contributed by atoms with Crippen molar-refractivity contribution in [3.8, 4) is 0 Å². The van der Waals surface area contributed by atoms with Crippen molar-refractivity contribution < 1.29 is 19.0 Å². The third-order valence-corrected chi connectivity index (χ3v) is 1.54. The van der Waals surface area contributed by atoms with Gasteiger partial charge in [0.2, 0.25) is 0 Å². The molecular weight excluding hydrogens is 189 g/mol. The second-order valence-corrected chi connectivity index (χ2v) is 2.56. The van der Waals surface area contributed by atoms with Crippen molar-refractivity contribution in [2.24, 2.45) is 0 Å². The third-order valence-electron chi connectivity index (χ3n) is 1.54. The minimum atomic E-state index is -1.45. The van der Waals surface area contributed by atoms with Gasteiger partial charge in [-0.3, -0.25) is 4.98 Å². The van der Waals surface area contributed by atoms with E-state index in [2.05, 4.69) is 9.72 Å². The molecule has 0 saturated heterocycles. The molecule has 0 radical (unpaired) electrons. The summed E-state index contributed by atoms with van der Waals surface area (Å²) in [5, 5.41) is 9.35. The van der Waals surface area contributed by atoms with E-state index >= 15 is 0 Å². The second kappa shape index (κ2) is 4.66. The minimum Gasteiger partial charge on any atom is -0.464 e. The van der Waals surface area contributed by atoms with Crippen molar-refractivity contribution in [1.82, 2.24) is 4.98 Å². The monoisotopic (exact) mass is 199 g/mol. The summed E-state index contributed by atoms with van der Waals surface area (Å²) in [7, 11) is 0. The number of rotatable bonds is 3. The Morgan fingerprint density at radius 3 is 2.93 bits per heavy atom. The van der Waals surface area contributed by atoms with Crippen molar-refractivity contribution in [2.45, 2.75) is 13.0 Å². The fourth-order valence-electron chi connectivity index (χ4n) is 0.891. The molecule has 0 saturated carbocycles. The zero-order valence-electron chi connectivity index (χ0n) is 7.61. The number of carbonyl (C=O) groups excluding carboxylic acids is 1. The Kier molecular flexibility index (Phi) is 3.53. The highest BCUT2D eigenvalue weighted by molar-refractivity contribution is 5.75. The van der Waals surface area contributed by atoms with E-state index < -0.39 is 17.9 Å². The van der Waals surface area contributed by atoms with Gasteiger partial charge in [0.1, 0.15) is 5.82 Å². The lowest BCUT2D eigenvalue weighted by molar-refractivity contribution is -0.153. The van der Waals surface area contributed by atoms with Crippen LogP contribution in [0.25, 0.3) is 0 Å². The van der Waals surface area contributed by atoms with Gasteiger partial charge in [-0.2, -0.15) is 0 Å². The van der Waals surface area contributed by atoms with Crippen LogP contribution >= 0.6 is 0 Å². The van der Waals surface area contributed by atoms with Crippen LogP contribution in [0.5, 0.6) is 0 Å². The first-order valence-electron chi connectivity index (χ1n) is 4.11. The number of esters is 1. The summed E-state index contributed by atoms with van der Waals surface area (Å²) in [6.07, 6.45) is -0.520. The first-order valence-corrected chi connectivity index (χ1v) is 4.11. The summed E-state index contributed by atoms with van der Waals surface area (Å²) in [4.78, 5) is 14.6. The number of aliphatic hydroxyl groups is 1. The smallest absolute Gasteiger partial charge is 0.341 e. The Morgan fingerprint density at radius 1 is 1.71 bits per heavy atom. The summed E-state index contributed by atoms with van der Waals surface area (Å²) in [6.45, 7) is 1.81. The summed E-state index contributed by atoms with van der Waals surface area (Å²) in [5.74, 6) is -1.31. The van der Waals surface area contributed by atoms with Gasteiger partial charge in [0.15, 0.2) is 6.10 Å².